The summed E-state index contributed by atoms with van der Waals surface area (Å²) in [6, 6.07) is 6.13. The number of amides is 1. The Morgan fingerprint density at radius 1 is 1.40 bits per heavy atom. The second-order valence-electron chi connectivity index (χ2n) is 3.92. The lowest BCUT2D eigenvalue weighted by molar-refractivity contribution is -0.143. The Morgan fingerprint density at radius 3 is 2.70 bits per heavy atom. The van der Waals surface area contributed by atoms with E-state index in [1.807, 2.05) is 0 Å². The first-order chi connectivity index (χ1) is 9.54. The first kappa shape index (κ1) is 16.5. The topological polar surface area (TPSA) is 66.8 Å². The molecule has 0 saturated heterocycles. The van der Waals surface area contributed by atoms with Crippen molar-refractivity contribution in [1.82, 2.24) is 4.90 Å². The molecule has 110 valence electrons. The number of carboxylic acids is 1. The van der Waals surface area contributed by atoms with Crippen LogP contribution in [-0.4, -0.2) is 54.4 Å². The third-order valence-corrected chi connectivity index (χ3v) is 3.47. The lowest BCUT2D eigenvalue weighted by Crippen LogP contribution is -2.39. The van der Waals surface area contributed by atoms with Crippen molar-refractivity contribution in [3.8, 4) is 0 Å². The summed E-state index contributed by atoms with van der Waals surface area (Å²) in [5.74, 6) is -1.87. The molecule has 0 radical (unpaired) electrons. The van der Waals surface area contributed by atoms with E-state index in [0.29, 0.717) is 4.90 Å². The summed E-state index contributed by atoms with van der Waals surface area (Å²) < 4.78 is 18.2. The Hall–Kier alpha value is -1.60. The van der Waals surface area contributed by atoms with Crippen LogP contribution in [-0.2, 0) is 14.3 Å². The Labute approximate surface area is 120 Å². The molecule has 0 aliphatic carbocycles. The van der Waals surface area contributed by atoms with Gasteiger partial charge in [-0.15, -0.1) is 11.8 Å². The standard InChI is InChI=1S/C13H16FNO4S/c1-19-7-6-15(8-13(17)18)12(16)9-20-11-5-3-2-4-10(11)14/h2-5H,6-9H2,1H3,(H,17,18). The van der Waals surface area contributed by atoms with Crippen molar-refractivity contribution in [1.29, 1.82) is 0 Å². The van der Waals surface area contributed by atoms with Gasteiger partial charge < -0.3 is 14.7 Å². The van der Waals surface area contributed by atoms with E-state index in [9.17, 15) is 14.0 Å². The second-order valence-corrected chi connectivity index (χ2v) is 4.94. The van der Waals surface area contributed by atoms with E-state index in [2.05, 4.69) is 0 Å². The predicted octanol–water partition coefficient (Wildman–Crippen LogP) is 1.48. The second kappa shape index (κ2) is 8.55. The maximum absolute atomic E-state index is 13.4. The third kappa shape index (κ3) is 5.58. The molecule has 5 nitrogen and oxygen atoms in total. The molecule has 1 N–H and O–H groups in total. The van der Waals surface area contributed by atoms with Gasteiger partial charge in [-0.2, -0.15) is 0 Å². The van der Waals surface area contributed by atoms with Crippen LogP contribution in [0.15, 0.2) is 29.2 Å². The average molecular weight is 301 g/mol. The van der Waals surface area contributed by atoms with Crippen LogP contribution in [0.25, 0.3) is 0 Å². The number of hydrogen-bond acceptors (Lipinski definition) is 4. The lowest BCUT2D eigenvalue weighted by atomic mass is 10.3. The number of thioether (sulfide) groups is 1. The van der Waals surface area contributed by atoms with Gasteiger partial charge in [0.2, 0.25) is 5.91 Å². The average Bonchev–Trinajstić information content (AvgIpc) is 2.41. The minimum Gasteiger partial charge on any atom is -0.480 e. The van der Waals surface area contributed by atoms with Crippen LogP contribution in [0.5, 0.6) is 0 Å². The molecule has 0 atom stereocenters. The minimum atomic E-state index is -1.09. The Morgan fingerprint density at radius 2 is 2.10 bits per heavy atom. The quantitative estimate of drug-likeness (QED) is 0.737. The fourth-order valence-corrected chi connectivity index (χ4v) is 2.29. The summed E-state index contributed by atoms with van der Waals surface area (Å²) in [5.41, 5.74) is 0. The molecule has 0 bridgehead atoms. The van der Waals surface area contributed by atoms with E-state index in [-0.39, 0.29) is 31.4 Å². The van der Waals surface area contributed by atoms with Crippen LogP contribution < -0.4 is 0 Å². The van der Waals surface area contributed by atoms with Crippen LogP contribution in [0.4, 0.5) is 4.39 Å². The van der Waals surface area contributed by atoms with Crippen molar-refractivity contribution >= 4 is 23.6 Å². The first-order valence-electron chi connectivity index (χ1n) is 5.90. The number of aliphatic carboxylic acids is 1. The number of carbonyl (C=O) groups excluding carboxylic acids is 1. The summed E-state index contributed by atoms with van der Waals surface area (Å²) in [5, 5.41) is 8.76. The van der Waals surface area contributed by atoms with Crippen molar-refractivity contribution in [3.63, 3.8) is 0 Å². The monoisotopic (exact) mass is 301 g/mol. The van der Waals surface area contributed by atoms with E-state index in [1.165, 1.54) is 18.1 Å². The fourth-order valence-electron chi connectivity index (χ4n) is 1.45. The van der Waals surface area contributed by atoms with E-state index < -0.39 is 11.8 Å². The lowest BCUT2D eigenvalue weighted by Gasteiger charge is -2.20. The van der Waals surface area contributed by atoms with E-state index in [1.54, 1.807) is 18.2 Å². The van der Waals surface area contributed by atoms with Gasteiger partial charge in [0.15, 0.2) is 0 Å². The fraction of sp³-hybridized carbons (Fsp3) is 0.385. The molecule has 0 spiro atoms. The Kier molecular flexibility index (Phi) is 7.03. The van der Waals surface area contributed by atoms with Crippen molar-refractivity contribution in [2.24, 2.45) is 0 Å². The Bertz CT molecular complexity index is 469. The predicted molar refractivity (Wildman–Crippen MR) is 73.2 cm³/mol. The number of rotatable bonds is 8. The molecule has 1 aromatic rings. The molecule has 1 rings (SSSR count). The number of methoxy groups -OCH3 is 1. The highest BCUT2D eigenvalue weighted by molar-refractivity contribution is 8.00. The largest absolute Gasteiger partial charge is 0.480 e. The summed E-state index contributed by atoms with van der Waals surface area (Å²) in [7, 11) is 1.47. The zero-order chi connectivity index (χ0) is 15.0. The molecule has 0 aliphatic heterocycles. The molecule has 0 heterocycles. The van der Waals surface area contributed by atoms with Gasteiger partial charge in [-0.3, -0.25) is 9.59 Å². The summed E-state index contributed by atoms with van der Waals surface area (Å²) in [4.78, 5) is 24.2. The first-order valence-corrected chi connectivity index (χ1v) is 6.89. The molecule has 0 saturated carbocycles. The number of carboxylic acid groups (broad SMARTS) is 1. The van der Waals surface area contributed by atoms with Gasteiger partial charge in [0.1, 0.15) is 12.4 Å². The zero-order valence-electron chi connectivity index (χ0n) is 11.0. The maximum Gasteiger partial charge on any atom is 0.323 e. The molecule has 1 amide bonds. The highest BCUT2D eigenvalue weighted by atomic mass is 32.2. The van der Waals surface area contributed by atoms with Crippen molar-refractivity contribution in [2.75, 3.05) is 32.6 Å². The van der Waals surface area contributed by atoms with E-state index in [4.69, 9.17) is 9.84 Å². The van der Waals surface area contributed by atoms with Gasteiger partial charge in [-0.05, 0) is 12.1 Å². The molecule has 1 aromatic carbocycles. The molecule has 20 heavy (non-hydrogen) atoms. The maximum atomic E-state index is 13.4. The number of halogens is 1. The van der Waals surface area contributed by atoms with Gasteiger partial charge in [-0.1, -0.05) is 12.1 Å². The van der Waals surface area contributed by atoms with Crippen LogP contribution in [0.2, 0.25) is 0 Å². The van der Waals surface area contributed by atoms with Gasteiger partial charge in [0.05, 0.1) is 12.4 Å². The third-order valence-electron chi connectivity index (χ3n) is 2.43. The molecular formula is C13H16FNO4S. The molecule has 0 aromatic heterocycles. The molecule has 0 fully saturated rings. The summed E-state index contributed by atoms with van der Waals surface area (Å²) >= 11 is 1.04. The van der Waals surface area contributed by atoms with Crippen molar-refractivity contribution in [3.05, 3.63) is 30.1 Å². The van der Waals surface area contributed by atoms with Crippen LogP contribution in [0.1, 0.15) is 0 Å². The van der Waals surface area contributed by atoms with Crippen LogP contribution >= 0.6 is 11.8 Å². The van der Waals surface area contributed by atoms with Gasteiger partial charge in [0.25, 0.3) is 0 Å². The van der Waals surface area contributed by atoms with Gasteiger partial charge >= 0.3 is 5.97 Å². The number of ether oxygens (including phenoxy) is 1. The molecular weight excluding hydrogens is 285 g/mol. The van der Waals surface area contributed by atoms with Crippen LogP contribution in [0, 0.1) is 5.82 Å². The van der Waals surface area contributed by atoms with Crippen molar-refractivity contribution < 1.29 is 23.8 Å². The number of carbonyl (C=O) groups is 2. The van der Waals surface area contributed by atoms with Crippen LogP contribution in [0.3, 0.4) is 0 Å². The number of hydrogen-bond donors (Lipinski definition) is 1. The van der Waals surface area contributed by atoms with Crippen molar-refractivity contribution in [2.45, 2.75) is 4.90 Å². The van der Waals surface area contributed by atoms with E-state index >= 15 is 0 Å². The Balaban J connectivity index is 2.57. The molecule has 0 aliphatic rings. The minimum absolute atomic E-state index is 0.0159. The summed E-state index contributed by atoms with van der Waals surface area (Å²) in [6.45, 7) is 0.0584. The number of benzene rings is 1. The zero-order valence-corrected chi connectivity index (χ0v) is 11.9. The molecule has 0 unspecified atom stereocenters. The summed E-state index contributed by atoms with van der Waals surface area (Å²) in [6.07, 6.45) is 0. The highest BCUT2D eigenvalue weighted by Gasteiger charge is 2.17. The smallest absolute Gasteiger partial charge is 0.323 e. The normalized spacial score (nSPS) is 10.3. The van der Waals surface area contributed by atoms with Gasteiger partial charge in [0, 0.05) is 18.6 Å². The van der Waals surface area contributed by atoms with Gasteiger partial charge in [-0.25, -0.2) is 4.39 Å². The van der Waals surface area contributed by atoms with E-state index in [0.717, 1.165) is 11.8 Å². The highest BCUT2D eigenvalue weighted by Crippen LogP contribution is 2.21. The molecule has 7 heteroatoms. The SMILES string of the molecule is COCCN(CC(=O)O)C(=O)CSc1ccccc1F. The number of nitrogens with zero attached hydrogens (tertiary/aromatic N) is 1.